The highest BCUT2D eigenvalue weighted by molar-refractivity contribution is 7.47. The number of hydrogen-bond acceptors (Lipinski definition) is 11. The quantitative estimate of drug-likeness (QED) is 0.0129. The van der Waals surface area contributed by atoms with E-state index in [0.717, 1.165) is 77.0 Å². The van der Waals surface area contributed by atoms with E-state index in [0.29, 0.717) is 12.8 Å². The van der Waals surface area contributed by atoms with Crippen molar-refractivity contribution < 1.29 is 58.0 Å². The molecule has 0 heterocycles. The Hall–Kier alpha value is -3.45. The summed E-state index contributed by atoms with van der Waals surface area (Å²) in [6.45, 7) is 1.83. The van der Waals surface area contributed by atoms with Crippen LogP contribution in [0.1, 0.15) is 129 Å². The molecular formula is C48H77O12P. The normalized spacial score (nSPS) is 15.9. The smallest absolute Gasteiger partial charge is 0.462 e. The maximum Gasteiger partial charge on any atom is 0.472 e. The number of aliphatic hydroxyl groups excluding tert-OH is 4. The lowest BCUT2D eigenvalue weighted by molar-refractivity contribution is -0.161. The zero-order valence-corrected chi connectivity index (χ0v) is 37.7. The van der Waals surface area contributed by atoms with Crippen LogP contribution in [0.25, 0.3) is 0 Å². The fourth-order valence-electron chi connectivity index (χ4n) is 5.17. The number of rotatable bonds is 39. The molecule has 0 amide bonds. The van der Waals surface area contributed by atoms with E-state index >= 15 is 0 Å². The Morgan fingerprint density at radius 1 is 0.574 bits per heavy atom. The lowest BCUT2D eigenvalue weighted by atomic mass is 10.1. The zero-order chi connectivity index (χ0) is 45.1. The van der Waals surface area contributed by atoms with Gasteiger partial charge in [-0.25, -0.2) is 4.57 Å². The standard InChI is InChI=1S/C48H77O12P/c1-3-5-7-8-9-10-11-12-13-14-15-16-17-18-19-20-24-27-31-37-47(53)57-41-46(42-59-61(55,56)58-40-45(52)39-49)60-48(54)38-32-36-44(51)35-30-26-23-21-22-25-29-34-43(50)33-28-6-4-2/h5,7,9-10,12-13,15-16,18-19,22-23,25-26,29-30,34-35,43-46,49-52H,3-4,6,8,11,14,17,20-21,24,27-28,31-33,36-42H2,1-2H3,(H,55,56)/b7-5-,10-9-,13-12-,16-15-,19-18-,25-22-,26-23-,34-29+,35-30+/t43-,44-,45+,46-/m1/s1. The predicted molar refractivity (Wildman–Crippen MR) is 244 cm³/mol. The molecule has 0 rings (SSSR count). The molecule has 12 nitrogen and oxygen atoms in total. The highest BCUT2D eigenvalue weighted by Gasteiger charge is 2.27. The van der Waals surface area contributed by atoms with Crippen molar-refractivity contribution in [2.24, 2.45) is 0 Å². The summed E-state index contributed by atoms with van der Waals surface area (Å²) >= 11 is 0. The van der Waals surface area contributed by atoms with Gasteiger partial charge in [0.2, 0.25) is 0 Å². The maximum atomic E-state index is 12.6. The average Bonchev–Trinajstić information content (AvgIpc) is 3.24. The minimum Gasteiger partial charge on any atom is -0.462 e. The molecule has 0 aromatic heterocycles. The monoisotopic (exact) mass is 877 g/mol. The van der Waals surface area contributed by atoms with Crippen molar-refractivity contribution >= 4 is 19.8 Å². The molecule has 346 valence electrons. The summed E-state index contributed by atoms with van der Waals surface area (Å²) in [6.07, 6.45) is 45.5. The molecule has 0 aliphatic carbocycles. The summed E-state index contributed by atoms with van der Waals surface area (Å²) in [5.74, 6) is -1.20. The van der Waals surface area contributed by atoms with Gasteiger partial charge in [-0.1, -0.05) is 149 Å². The number of carbonyl (C=O) groups excluding carboxylic acids is 2. The summed E-state index contributed by atoms with van der Waals surface area (Å²) < 4.78 is 32.5. The zero-order valence-electron chi connectivity index (χ0n) is 36.8. The van der Waals surface area contributed by atoms with Crippen LogP contribution in [0, 0.1) is 0 Å². The van der Waals surface area contributed by atoms with Crippen molar-refractivity contribution in [1.29, 1.82) is 0 Å². The van der Waals surface area contributed by atoms with E-state index in [4.69, 9.17) is 19.1 Å². The number of carbonyl (C=O) groups is 2. The van der Waals surface area contributed by atoms with Gasteiger partial charge < -0.3 is 34.8 Å². The molecule has 61 heavy (non-hydrogen) atoms. The third-order valence-electron chi connectivity index (χ3n) is 8.62. The van der Waals surface area contributed by atoms with Gasteiger partial charge in [0.15, 0.2) is 6.10 Å². The van der Waals surface area contributed by atoms with Crippen LogP contribution >= 0.6 is 7.82 Å². The highest BCUT2D eigenvalue weighted by atomic mass is 31.2. The van der Waals surface area contributed by atoms with Crippen molar-refractivity contribution in [3.8, 4) is 0 Å². The van der Waals surface area contributed by atoms with Crippen LogP contribution in [0.2, 0.25) is 0 Å². The number of hydrogen-bond donors (Lipinski definition) is 5. The Kier molecular flexibility index (Phi) is 39.5. The largest absolute Gasteiger partial charge is 0.472 e. The van der Waals surface area contributed by atoms with Crippen molar-refractivity contribution in [3.05, 3.63) is 109 Å². The van der Waals surface area contributed by atoms with Crippen molar-refractivity contribution in [3.63, 3.8) is 0 Å². The van der Waals surface area contributed by atoms with Crippen LogP contribution in [0.15, 0.2) is 109 Å². The molecule has 5 atom stereocenters. The van der Waals surface area contributed by atoms with Gasteiger partial charge in [-0.05, 0) is 77.0 Å². The Morgan fingerprint density at radius 3 is 1.67 bits per heavy atom. The van der Waals surface area contributed by atoms with Gasteiger partial charge in [0.25, 0.3) is 0 Å². The van der Waals surface area contributed by atoms with E-state index in [1.807, 2.05) is 24.3 Å². The number of unbranched alkanes of at least 4 members (excludes halogenated alkanes) is 5. The molecule has 0 radical (unpaired) electrons. The van der Waals surface area contributed by atoms with Gasteiger partial charge in [-0.2, -0.15) is 0 Å². The molecular weight excluding hydrogens is 799 g/mol. The van der Waals surface area contributed by atoms with Gasteiger partial charge in [0.1, 0.15) is 12.7 Å². The van der Waals surface area contributed by atoms with Gasteiger partial charge in [0, 0.05) is 12.8 Å². The van der Waals surface area contributed by atoms with E-state index < -0.39 is 70.6 Å². The lowest BCUT2D eigenvalue weighted by Gasteiger charge is -2.20. The highest BCUT2D eigenvalue weighted by Crippen LogP contribution is 2.43. The SMILES string of the molecule is CC/C=C\C/C=C\C/C=C\C/C=C\C/C=C\CCCCCC(=O)OC[C@H](COP(=O)(O)OC[C@@H](O)CO)OC(=O)CCC[C@H](O)/C=C/C=C\C/C=C\C=C\[C@H](O)CCCCC. The molecule has 5 N–H and O–H groups in total. The number of aliphatic hydroxyl groups is 4. The van der Waals surface area contributed by atoms with E-state index in [9.17, 15) is 34.4 Å². The first-order valence-corrected chi connectivity index (χ1v) is 23.6. The van der Waals surface area contributed by atoms with E-state index in [1.54, 1.807) is 24.3 Å². The molecule has 0 aliphatic heterocycles. The molecule has 0 spiro atoms. The molecule has 1 unspecified atom stereocenters. The fraction of sp³-hybridized carbons (Fsp3) is 0.583. The van der Waals surface area contributed by atoms with Crippen LogP contribution in [-0.4, -0.2) is 88.1 Å². The number of esters is 2. The molecule has 0 saturated carbocycles. The summed E-state index contributed by atoms with van der Waals surface area (Å²) in [4.78, 5) is 35.0. The molecule has 0 aliphatic rings. The van der Waals surface area contributed by atoms with Crippen LogP contribution < -0.4 is 0 Å². The van der Waals surface area contributed by atoms with Gasteiger partial charge in [-0.15, -0.1) is 0 Å². The minimum atomic E-state index is -4.70. The third kappa shape index (κ3) is 41.7. The number of phosphoric acid groups is 1. The number of allylic oxidation sites excluding steroid dienone is 16. The summed E-state index contributed by atoms with van der Waals surface area (Å²) in [6, 6.07) is 0. The maximum absolute atomic E-state index is 12.6. The summed E-state index contributed by atoms with van der Waals surface area (Å²) in [5.41, 5.74) is 0. The number of ether oxygens (including phenoxy) is 2. The fourth-order valence-corrected chi connectivity index (χ4v) is 5.96. The lowest BCUT2D eigenvalue weighted by Crippen LogP contribution is -2.30. The first kappa shape index (κ1) is 57.5. The molecule has 0 saturated heterocycles. The molecule has 13 heteroatoms. The average molecular weight is 877 g/mol. The van der Waals surface area contributed by atoms with Crippen molar-refractivity contribution in [1.82, 2.24) is 0 Å². The number of phosphoric ester groups is 1. The summed E-state index contributed by atoms with van der Waals surface area (Å²) in [5, 5.41) is 38.5. The predicted octanol–water partition coefficient (Wildman–Crippen LogP) is 9.72. The van der Waals surface area contributed by atoms with Crippen LogP contribution in [0.5, 0.6) is 0 Å². The van der Waals surface area contributed by atoms with Gasteiger partial charge >= 0.3 is 19.8 Å². The Labute approximate surface area is 366 Å². The topological polar surface area (TPSA) is 189 Å². The van der Waals surface area contributed by atoms with Crippen LogP contribution in [0.3, 0.4) is 0 Å². The van der Waals surface area contributed by atoms with Gasteiger partial charge in [-0.3, -0.25) is 18.6 Å². The first-order chi connectivity index (χ1) is 29.5. The van der Waals surface area contributed by atoms with Crippen LogP contribution in [0.4, 0.5) is 0 Å². The third-order valence-corrected chi connectivity index (χ3v) is 9.57. The van der Waals surface area contributed by atoms with E-state index in [1.165, 1.54) is 0 Å². The van der Waals surface area contributed by atoms with Crippen molar-refractivity contribution in [2.75, 3.05) is 26.4 Å². The first-order valence-electron chi connectivity index (χ1n) is 22.1. The molecule has 0 aromatic carbocycles. The second-order valence-corrected chi connectivity index (χ2v) is 15.8. The Balaban J connectivity index is 4.61. The van der Waals surface area contributed by atoms with Crippen molar-refractivity contribution in [2.45, 2.75) is 154 Å². The molecule has 0 fully saturated rings. The molecule has 0 bridgehead atoms. The van der Waals surface area contributed by atoms with E-state index in [-0.39, 0.29) is 25.7 Å². The van der Waals surface area contributed by atoms with Gasteiger partial charge in [0.05, 0.1) is 32.0 Å². The second kappa shape index (κ2) is 41.9. The molecule has 0 aromatic rings. The Bertz CT molecular complexity index is 1410. The minimum absolute atomic E-state index is 0.0787. The summed E-state index contributed by atoms with van der Waals surface area (Å²) in [7, 11) is -4.70. The Morgan fingerprint density at radius 2 is 1.10 bits per heavy atom. The van der Waals surface area contributed by atoms with Crippen LogP contribution in [-0.2, 0) is 32.7 Å². The van der Waals surface area contributed by atoms with E-state index in [2.05, 4.69) is 79.1 Å². The second-order valence-electron chi connectivity index (χ2n) is 14.4.